The van der Waals surface area contributed by atoms with E-state index in [-0.39, 0.29) is 11.9 Å². The number of guanidine groups is 1. The third kappa shape index (κ3) is 6.21. The first-order valence-corrected chi connectivity index (χ1v) is 8.38. The lowest BCUT2D eigenvalue weighted by atomic mass is 10.1. The molecule has 26 heavy (non-hydrogen) atoms. The normalized spacial score (nSPS) is 18.7. The Labute approximate surface area is 150 Å². The average molecular weight is 371 g/mol. The van der Waals surface area contributed by atoms with Crippen molar-refractivity contribution in [3.8, 4) is 0 Å². The lowest BCUT2D eigenvalue weighted by Gasteiger charge is -2.19. The number of aliphatic imine (C=N–C) groups is 1. The summed E-state index contributed by atoms with van der Waals surface area (Å²) >= 11 is 0. The monoisotopic (exact) mass is 371 g/mol. The van der Waals surface area contributed by atoms with Gasteiger partial charge in [0.1, 0.15) is 0 Å². The van der Waals surface area contributed by atoms with Gasteiger partial charge in [-0.2, -0.15) is 13.2 Å². The van der Waals surface area contributed by atoms with E-state index in [1.165, 1.54) is 4.90 Å². The molecule has 1 saturated heterocycles. The van der Waals surface area contributed by atoms with Gasteiger partial charge in [-0.25, -0.2) is 0 Å². The minimum absolute atomic E-state index is 0.0702. The van der Waals surface area contributed by atoms with Gasteiger partial charge in [0.15, 0.2) is 5.96 Å². The van der Waals surface area contributed by atoms with Crippen LogP contribution >= 0.6 is 0 Å². The molecule has 6 nitrogen and oxygen atoms in total. The number of carbonyl (C=O) groups is 1. The van der Waals surface area contributed by atoms with Crippen LogP contribution in [0.15, 0.2) is 29.3 Å². The number of rotatable bonds is 5. The molecule has 1 aromatic rings. The smallest absolute Gasteiger partial charge is 0.355 e. The minimum Gasteiger partial charge on any atom is -0.355 e. The molecular formula is C17H24F3N5O. The number of hydrogen-bond donors (Lipinski definition) is 3. The zero-order chi connectivity index (χ0) is 19.2. The summed E-state index contributed by atoms with van der Waals surface area (Å²) in [4.78, 5) is 17.0. The van der Waals surface area contributed by atoms with Crippen LogP contribution in [0.25, 0.3) is 0 Å². The summed E-state index contributed by atoms with van der Waals surface area (Å²) in [5.74, 6) is 0.394. The number of amides is 1. The van der Waals surface area contributed by atoms with Gasteiger partial charge in [0.2, 0.25) is 0 Å². The Morgan fingerprint density at radius 2 is 2.00 bits per heavy atom. The molecule has 9 heteroatoms. The van der Waals surface area contributed by atoms with Crippen molar-refractivity contribution in [1.82, 2.24) is 20.9 Å². The van der Waals surface area contributed by atoms with E-state index in [1.807, 2.05) is 12.1 Å². The summed E-state index contributed by atoms with van der Waals surface area (Å²) in [7, 11) is 3.19. The molecule has 1 aliphatic heterocycles. The van der Waals surface area contributed by atoms with Crippen LogP contribution in [0.4, 0.5) is 13.2 Å². The molecule has 1 amide bonds. The summed E-state index contributed by atoms with van der Waals surface area (Å²) in [6, 6.07) is 7.08. The van der Waals surface area contributed by atoms with Gasteiger partial charge in [-0.3, -0.25) is 14.7 Å². The summed E-state index contributed by atoms with van der Waals surface area (Å²) in [6.45, 7) is 0.359. The number of likely N-dealkylation sites (tertiary alicyclic amines) is 1. The van der Waals surface area contributed by atoms with Crippen LogP contribution in [0.5, 0.6) is 0 Å². The fraction of sp³-hybridized carbons (Fsp3) is 0.529. The van der Waals surface area contributed by atoms with Crippen LogP contribution in [0, 0.1) is 0 Å². The standard InChI is InChI=1S/C17H24F3N5O/c1-21-15(26)13-5-3-12(4-6-13)9-23-16(22-2)24-14-7-8-25(10-14)11-17(18,19)20/h3-6,14H,7-11H2,1-2H3,(H,21,26)(H2,22,23,24). The predicted octanol–water partition coefficient (Wildman–Crippen LogP) is 1.35. The van der Waals surface area contributed by atoms with Crippen molar-refractivity contribution < 1.29 is 18.0 Å². The van der Waals surface area contributed by atoms with Gasteiger partial charge >= 0.3 is 6.18 Å². The van der Waals surface area contributed by atoms with Crippen molar-refractivity contribution in [1.29, 1.82) is 0 Å². The Kier molecular flexibility index (Phi) is 6.84. The molecule has 0 aliphatic carbocycles. The predicted molar refractivity (Wildman–Crippen MR) is 94.1 cm³/mol. The zero-order valence-corrected chi connectivity index (χ0v) is 14.9. The van der Waals surface area contributed by atoms with Crippen LogP contribution in [0.3, 0.4) is 0 Å². The van der Waals surface area contributed by atoms with E-state index < -0.39 is 12.7 Å². The molecular weight excluding hydrogens is 347 g/mol. The Bertz CT molecular complexity index is 630. The van der Waals surface area contributed by atoms with Gasteiger partial charge < -0.3 is 16.0 Å². The van der Waals surface area contributed by atoms with Crippen molar-refractivity contribution in [2.75, 3.05) is 33.7 Å². The Morgan fingerprint density at radius 1 is 1.31 bits per heavy atom. The van der Waals surface area contributed by atoms with Gasteiger partial charge in [0.05, 0.1) is 6.54 Å². The molecule has 0 saturated carbocycles. The molecule has 0 radical (unpaired) electrons. The third-order valence-corrected chi connectivity index (χ3v) is 4.14. The maximum Gasteiger partial charge on any atom is 0.401 e. The van der Waals surface area contributed by atoms with Crippen LogP contribution in [-0.4, -0.2) is 62.7 Å². The fourth-order valence-corrected chi connectivity index (χ4v) is 2.84. The Balaban J connectivity index is 1.80. The van der Waals surface area contributed by atoms with E-state index in [0.717, 1.165) is 5.56 Å². The van der Waals surface area contributed by atoms with Gasteiger partial charge in [-0.05, 0) is 24.1 Å². The molecule has 1 fully saturated rings. The molecule has 1 unspecified atom stereocenters. The number of alkyl halides is 3. The van der Waals surface area contributed by atoms with Gasteiger partial charge in [-0.1, -0.05) is 12.1 Å². The van der Waals surface area contributed by atoms with Crippen LogP contribution in [0.1, 0.15) is 22.3 Å². The molecule has 2 rings (SSSR count). The minimum atomic E-state index is -4.17. The molecule has 3 N–H and O–H groups in total. The molecule has 1 aliphatic rings. The molecule has 0 aromatic heterocycles. The first kappa shape index (κ1) is 20.0. The number of hydrogen-bond acceptors (Lipinski definition) is 3. The second-order valence-electron chi connectivity index (χ2n) is 6.18. The van der Waals surface area contributed by atoms with Crippen LogP contribution in [-0.2, 0) is 6.54 Å². The van der Waals surface area contributed by atoms with Crippen molar-refractivity contribution in [3.05, 3.63) is 35.4 Å². The van der Waals surface area contributed by atoms with E-state index in [9.17, 15) is 18.0 Å². The summed E-state index contributed by atoms with van der Waals surface area (Å²) < 4.78 is 37.3. The second-order valence-corrected chi connectivity index (χ2v) is 6.18. The number of halogens is 3. The largest absolute Gasteiger partial charge is 0.401 e. The average Bonchev–Trinajstić information content (AvgIpc) is 3.03. The lowest BCUT2D eigenvalue weighted by molar-refractivity contribution is -0.143. The number of benzene rings is 1. The van der Waals surface area contributed by atoms with E-state index in [0.29, 0.717) is 37.6 Å². The van der Waals surface area contributed by atoms with E-state index in [2.05, 4.69) is 20.9 Å². The third-order valence-electron chi connectivity index (χ3n) is 4.14. The van der Waals surface area contributed by atoms with Gasteiger partial charge in [0, 0.05) is 45.3 Å². The summed E-state index contributed by atoms with van der Waals surface area (Å²) in [5, 5.41) is 8.85. The van der Waals surface area contributed by atoms with E-state index in [1.54, 1.807) is 26.2 Å². The van der Waals surface area contributed by atoms with Crippen LogP contribution < -0.4 is 16.0 Å². The van der Waals surface area contributed by atoms with Crippen molar-refractivity contribution in [2.45, 2.75) is 25.2 Å². The number of carbonyl (C=O) groups excluding carboxylic acids is 1. The molecule has 0 spiro atoms. The quantitative estimate of drug-likeness (QED) is 0.540. The number of nitrogens with zero attached hydrogens (tertiary/aromatic N) is 2. The molecule has 144 valence electrons. The van der Waals surface area contributed by atoms with Crippen LogP contribution in [0.2, 0.25) is 0 Å². The first-order valence-electron chi connectivity index (χ1n) is 8.38. The summed E-state index contributed by atoms with van der Waals surface area (Å²) in [5.41, 5.74) is 1.54. The maximum absolute atomic E-state index is 12.4. The fourth-order valence-electron chi connectivity index (χ4n) is 2.84. The van der Waals surface area contributed by atoms with Gasteiger partial charge in [0.25, 0.3) is 5.91 Å². The molecule has 1 aromatic carbocycles. The molecule has 0 bridgehead atoms. The first-order chi connectivity index (χ1) is 12.3. The second kappa shape index (κ2) is 8.88. The van der Waals surface area contributed by atoms with Gasteiger partial charge in [-0.15, -0.1) is 0 Å². The number of nitrogens with one attached hydrogen (secondary N) is 3. The Hall–Kier alpha value is -2.29. The highest BCUT2D eigenvalue weighted by atomic mass is 19.4. The van der Waals surface area contributed by atoms with Crippen molar-refractivity contribution >= 4 is 11.9 Å². The maximum atomic E-state index is 12.4. The zero-order valence-electron chi connectivity index (χ0n) is 14.9. The highest BCUT2D eigenvalue weighted by Gasteiger charge is 2.34. The highest BCUT2D eigenvalue weighted by Crippen LogP contribution is 2.19. The molecule has 1 atom stereocenters. The Morgan fingerprint density at radius 3 is 2.58 bits per heavy atom. The van der Waals surface area contributed by atoms with Crippen molar-refractivity contribution in [2.24, 2.45) is 4.99 Å². The lowest BCUT2D eigenvalue weighted by Crippen LogP contribution is -2.44. The van der Waals surface area contributed by atoms with E-state index in [4.69, 9.17) is 0 Å². The highest BCUT2D eigenvalue weighted by molar-refractivity contribution is 5.93. The molecule has 1 heterocycles. The van der Waals surface area contributed by atoms with Crippen molar-refractivity contribution in [3.63, 3.8) is 0 Å². The van der Waals surface area contributed by atoms with E-state index >= 15 is 0 Å². The summed E-state index contributed by atoms with van der Waals surface area (Å²) in [6.07, 6.45) is -3.53. The SMILES string of the molecule is CN=C(NCc1ccc(C(=O)NC)cc1)NC1CCN(CC(F)(F)F)C1. The topological polar surface area (TPSA) is 68.8 Å².